The van der Waals surface area contributed by atoms with Crippen LogP contribution in [-0.2, 0) is 6.61 Å². The molecule has 1 aromatic heterocycles. The maximum absolute atomic E-state index is 12.5. The van der Waals surface area contributed by atoms with E-state index in [1.54, 1.807) is 37.1 Å². The van der Waals surface area contributed by atoms with Gasteiger partial charge in [0, 0.05) is 5.56 Å². The summed E-state index contributed by atoms with van der Waals surface area (Å²) < 4.78 is 12.0. The number of methoxy groups -OCH3 is 1. The van der Waals surface area contributed by atoms with Gasteiger partial charge < -0.3 is 9.47 Å². The van der Waals surface area contributed by atoms with Crippen LogP contribution in [0.15, 0.2) is 52.9 Å². The lowest BCUT2D eigenvalue weighted by molar-refractivity contribution is 0.102. The molecule has 0 radical (unpaired) electrons. The molecule has 0 aliphatic heterocycles. The molecule has 0 spiro atoms. The van der Waals surface area contributed by atoms with Gasteiger partial charge in [-0.05, 0) is 29.5 Å². The maximum atomic E-state index is 12.5. The molecule has 0 saturated carbocycles. The number of nitrogens with zero attached hydrogens (tertiary/aromatic N) is 2. The van der Waals surface area contributed by atoms with Gasteiger partial charge in [-0.15, -0.1) is 10.2 Å². The van der Waals surface area contributed by atoms with Gasteiger partial charge in [-0.3, -0.25) is 10.1 Å². The van der Waals surface area contributed by atoms with E-state index in [2.05, 4.69) is 15.5 Å². The number of hydrogen-bond acceptors (Lipinski definition) is 7. The summed E-state index contributed by atoms with van der Waals surface area (Å²) in [6, 6.07) is 14.9. The summed E-state index contributed by atoms with van der Waals surface area (Å²) in [5.41, 5.74) is 1.51. The lowest BCUT2D eigenvalue weighted by Gasteiger charge is -2.12. The van der Waals surface area contributed by atoms with E-state index >= 15 is 0 Å². The standard InChI is InChI=1S/C19H19N3O3S2/c1-3-26-19-22-21-18(27-19)20-17(23)14-9-10-15(16(11-14)24-2)25-12-13-7-5-4-6-8-13/h4-11H,3,12H2,1-2H3,(H,20,21,23). The second kappa shape index (κ2) is 9.38. The summed E-state index contributed by atoms with van der Waals surface area (Å²) in [7, 11) is 1.55. The molecule has 27 heavy (non-hydrogen) atoms. The minimum atomic E-state index is -0.271. The van der Waals surface area contributed by atoms with E-state index in [0.29, 0.717) is 28.8 Å². The second-order valence-electron chi connectivity index (χ2n) is 5.40. The van der Waals surface area contributed by atoms with Gasteiger partial charge in [0.05, 0.1) is 7.11 Å². The van der Waals surface area contributed by atoms with Crippen molar-refractivity contribution in [1.29, 1.82) is 0 Å². The van der Waals surface area contributed by atoms with E-state index < -0.39 is 0 Å². The summed E-state index contributed by atoms with van der Waals surface area (Å²) >= 11 is 2.94. The van der Waals surface area contributed by atoms with Crippen LogP contribution in [0.25, 0.3) is 0 Å². The van der Waals surface area contributed by atoms with Crippen LogP contribution in [0.3, 0.4) is 0 Å². The molecular formula is C19H19N3O3S2. The Morgan fingerprint density at radius 3 is 2.70 bits per heavy atom. The summed E-state index contributed by atoms with van der Waals surface area (Å²) in [6.45, 7) is 2.46. The Balaban J connectivity index is 1.67. The molecule has 2 aromatic carbocycles. The summed E-state index contributed by atoms with van der Waals surface area (Å²) in [4.78, 5) is 12.5. The normalized spacial score (nSPS) is 10.4. The van der Waals surface area contributed by atoms with Gasteiger partial charge >= 0.3 is 0 Å². The van der Waals surface area contributed by atoms with Crippen molar-refractivity contribution in [1.82, 2.24) is 10.2 Å². The van der Waals surface area contributed by atoms with E-state index in [4.69, 9.17) is 9.47 Å². The summed E-state index contributed by atoms with van der Waals surface area (Å²) in [5.74, 6) is 1.71. The van der Waals surface area contributed by atoms with Gasteiger partial charge in [-0.1, -0.05) is 60.4 Å². The quantitative estimate of drug-likeness (QED) is 0.443. The van der Waals surface area contributed by atoms with Crippen LogP contribution in [-0.4, -0.2) is 29.0 Å². The zero-order valence-electron chi connectivity index (χ0n) is 15.0. The number of thioether (sulfide) groups is 1. The molecule has 0 atom stereocenters. The average Bonchev–Trinajstić information content (AvgIpc) is 3.14. The number of carbonyl (C=O) groups excluding carboxylic acids is 1. The molecule has 1 N–H and O–H groups in total. The van der Waals surface area contributed by atoms with Crippen molar-refractivity contribution in [2.75, 3.05) is 18.2 Å². The second-order valence-corrected chi connectivity index (χ2v) is 7.89. The fraction of sp³-hybridized carbons (Fsp3) is 0.211. The molecule has 0 unspecified atom stereocenters. The van der Waals surface area contributed by atoms with E-state index in [9.17, 15) is 4.79 Å². The number of rotatable bonds is 8. The number of benzene rings is 2. The minimum absolute atomic E-state index is 0.271. The first-order valence-electron chi connectivity index (χ1n) is 8.32. The number of ether oxygens (including phenoxy) is 2. The Morgan fingerprint density at radius 1 is 1.15 bits per heavy atom. The van der Waals surface area contributed by atoms with Crippen LogP contribution in [0.2, 0.25) is 0 Å². The van der Waals surface area contributed by atoms with Gasteiger partial charge in [0.2, 0.25) is 5.13 Å². The van der Waals surface area contributed by atoms with Gasteiger partial charge in [-0.2, -0.15) is 0 Å². The Labute approximate surface area is 165 Å². The maximum Gasteiger partial charge on any atom is 0.257 e. The highest BCUT2D eigenvalue weighted by Crippen LogP contribution is 2.30. The third-order valence-electron chi connectivity index (χ3n) is 3.56. The number of aromatic nitrogens is 2. The number of hydrogen-bond donors (Lipinski definition) is 1. The molecule has 140 valence electrons. The first-order valence-corrected chi connectivity index (χ1v) is 10.1. The number of nitrogens with one attached hydrogen (secondary N) is 1. The van der Waals surface area contributed by atoms with Gasteiger partial charge in [0.1, 0.15) is 6.61 Å². The molecular weight excluding hydrogens is 382 g/mol. The van der Waals surface area contributed by atoms with Crippen molar-refractivity contribution < 1.29 is 14.3 Å². The molecule has 3 aromatic rings. The van der Waals surface area contributed by atoms with E-state index in [1.165, 1.54) is 11.3 Å². The van der Waals surface area contributed by atoms with E-state index in [-0.39, 0.29) is 5.91 Å². The molecule has 1 heterocycles. The minimum Gasteiger partial charge on any atom is -0.493 e. The Bertz CT molecular complexity index is 900. The molecule has 0 saturated heterocycles. The van der Waals surface area contributed by atoms with Crippen LogP contribution >= 0.6 is 23.1 Å². The highest BCUT2D eigenvalue weighted by molar-refractivity contribution is 8.01. The van der Waals surface area contributed by atoms with E-state index in [0.717, 1.165) is 15.7 Å². The van der Waals surface area contributed by atoms with Crippen molar-refractivity contribution >= 4 is 34.1 Å². The molecule has 0 aliphatic carbocycles. The lowest BCUT2D eigenvalue weighted by Crippen LogP contribution is -2.12. The smallest absolute Gasteiger partial charge is 0.257 e. The van der Waals surface area contributed by atoms with Crippen LogP contribution in [0, 0.1) is 0 Å². The summed E-state index contributed by atoms with van der Waals surface area (Å²) in [5, 5.41) is 11.2. The molecule has 6 nitrogen and oxygen atoms in total. The Hall–Kier alpha value is -2.58. The third-order valence-corrected chi connectivity index (χ3v) is 5.41. The van der Waals surface area contributed by atoms with Crippen molar-refractivity contribution in [3.8, 4) is 11.5 Å². The first kappa shape index (κ1) is 19.2. The van der Waals surface area contributed by atoms with Crippen LogP contribution in [0.1, 0.15) is 22.8 Å². The van der Waals surface area contributed by atoms with Crippen LogP contribution in [0.4, 0.5) is 5.13 Å². The monoisotopic (exact) mass is 401 g/mol. The van der Waals surface area contributed by atoms with Gasteiger partial charge in [0.15, 0.2) is 15.8 Å². The predicted molar refractivity (Wildman–Crippen MR) is 108 cm³/mol. The van der Waals surface area contributed by atoms with Gasteiger partial charge in [-0.25, -0.2) is 0 Å². The SMILES string of the molecule is CCSc1nnc(NC(=O)c2ccc(OCc3ccccc3)c(OC)c2)s1. The number of carbonyl (C=O) groups is 1. The lowest BCUT2D eigenvalue weighted by atomic mass is 10.2. The van der Waals surface area contributed by atoms with Crippen molar-refractivity contribution in [2.45, 2.75) is 17.9 Å². The van der Waals surface area contributed by atoms with Crippen molar-refractivity contribution in [2.24, 2.45) is 0 Å². The summed E-state index contributed by atoms with van der Waals surface area (Å²) in [6.07, 6.45) is 0. The van der Waals surface area contributed by atoms with E-state index in [1.807, 2.05) is 37.3 Å². The Morgan fingerprint density at radius 2 is 1.96 bits per heavy atom. The van der Waals surface area contributed by atoms with Crippen LogP contribution < -0.4 is 14.8 Å². The molecule has 8 heteroatoms. The van der Waals surface area contributed by atoms with Crippen LogP contribution in [0.5, 0.6) is 11.5 Å². The zero-order valence-corrected chi connectivity index (χ0v) is 16.6. The first-order chi connectivity index (χ1) is 13.2. The zero-order chi connectivity index (χ0) is 19.1. The fourth-order valence-corrected chi connectivity index (χ4v) is 3.92. The highest BCUT2D eigenvalue weighted by atomic mass is 32.2. The predicted octanol–water partition coefficient (Wildman–Crippen LogP) is 4.49. The molecule has 1 amide bonds. The highest BCUT2D eigenvalue weighted by Gasteiger charge is 2.14. The Kier molecular flexibility index (Phi) is 6.67. The third kappa shape index (κ3) is 5.21. The average molecular weight is 402 g/mol. The molecule has 0 fully saturated rings. The van der Waals surface area contributed by atoms with Gasteiger partial charge in [0.25, 0.3) is 5.91 Å². The van der Waals surface area contributed by atoms with Crippen molar-refractivity contribution in [3.63, 3.8) is 0 Å². The van der Waals surface area contributed by atoms with Crippen molar-refractivity contribution in [3.05, 3.63) is 59.7 Å². The molecule has 0 bridgehead atoms. The topological polar surface area (TPSA) is 73.3 Å². The fourth-order valence-electron chi connectivity index (χ4n) is 2.27. The largest absolute Gasteiger partial charge is 0.493 e. The molecule has 3 rings (SSSR count). The molecule has 0 aliphatic rings. The number of amides is 1. The number of anilines is 1.